The van der Waals surface area contributed by atoms with Crippen LogP contribution >= 0.6 is 0 Å². The molecule has 0 amide bonds. The van der Waals surface area contributed by atoms with Crippen molar-refractivity contribution in [2.75, 3.05) is 12.3 Å². The maximum absolute atomic E-state index is 9.71. The van der Waals surface area contributed by atoms with Crippen molar-refractivity contribution >= 4 is 47.9 Å². The van der Waals surface area contributed by atoms with Gasteiger partial charge >= 0.3 is 37.7 Å². The molecule has 0 saturated carbocycles. The molecule has 0 aliphatic carbocycles. The fourth-order valence-corrected chi connectivity index (χ4v) is 0.447. The molecule has 0 aliphatic rings. The Kier molecular flexibility index (Phi) is 13.3. The summed E-state index contributed by atoms with van der Waals surface area (Å²) in [5.74, 6) is -0.354. The third-order valence-electron chi connectivity index (χ3n) is 0.376. The summed E-state index contributed by atoms with van der Waals surface area (Å²) >= 11 is 0. The first kappa shape index (κ1) is 16.6. The van der Waals surface area contributed by atoms with Gasteiger partial charge in [-0.1, -0.05) is 0 Å². The first-order valence-corrected chi connectivity index (χ1v) is 3.32. The van der Waals surface area contributed by atoms with Gasteiger partial charge in [-0.05, 0) is 0 Å². The third kappa shape index (κ3) is 17.6. The van der Waals surface area contributed by atoms with Crippen molar-refractivity contribution in [3.63, 3.8) is 0 Å². The molecule has 0 radical (unpaired) electrons. The number of hydrogen-bond acceptors (Lipinski definition) is 3. The van der Waals surface area contributed by atoms with Crippen molar-refractivity contribution < 1.29 is 18.4 Å². The van der Waals surface area contributed by atoms with E-state index in [9.17, 15) is 8.42 Å². The van der Waals surface area contributed by atoms with Crippen LogP contribution < -0.4 is 5.73 Å². The van der Waals surface area contributed by atoms with Crippen molar-refractivity contribution in [1.82, 2.24) is 0 Å². The molecule has 0 fully saturated rings. The summed E-state index contributed by atoms with van der Waals surface area (Å²) in [5, 5.41) is 0. The van der Waals surface area contributed by atoms with Gasteiger partial charge in [0, 0.05) is 6.54 Å². The van der Waals surface area contributed by atoms with Gasteiger partial charge in [-0.2, -0.15) is 8.42 Å². The predicted molar refractivity (Wildman–Crippen MR) is 37.6 cm³/mol. The van der Waals surface area contributed by atoms with Gasteiger partial charge in [0.05, 0.1) is 5.75 Å². The number of rotatable bonds is 2. The Morgan fingerprint density at radius 1 is 1.44 bits per heavy atom. The quantitative estimate of drug-likeness (QED) is 0.355. The van der Waals surface area contributed by atoms with E-state index in [2.05, 4.69) is 0 Å². The Morgan fingerprint density at radius 2 is 1.78 bits per heavy atom. The number of nitrogens with two attached hydrogens (primary N) is 1. The normalized spacial score (nSPS) is 9.11. The zero-order valence-electron chi connectivity index (χ0n) is 4.16. The molecule has 0 spiro atoms. The van der Waals surface area contributed by atoms with Gasteiger partial charge in [-0.25, -0.2) is 0 Å². The van der Waals surface area contributed by atoms with Crippen LogP contribution in [0.15, 0.2) is 0 Å². The van der Waals surface area contributed by atoms with Crippen LogP contribution in [0, 0.1) is 0 Å². The Bertz CT molecular complexity index is 132. The summed E-state index contributed by atoms with van der Waals surface area (Å²) in [7, 11) is -3.80. The molecule has 0 rings (SSSR count). The Labute approximate surface area is 83.7 Å². The maximum atomic E-state index is 9.71. The van der Waals surface area contributed by atoms with E-state index in [0.29, 0.717) is 0 Å². The van der Waals surface area contributed by atoms with Crippen LogP contribution in [-0.4, -0.2) is 68.5 Å². The van der Waals surface area contributed by atoms with Crippen LogP contribution in [0.25, 0.3) is 0 Å². The summed E-state index contributed by atoms with van der Waals surface area (Å²) in [6, 6.07) is 0. The zero-order chi connectivity index (χ0) is 5.91. The first-order valence-electron chi connectivity index (χ1n) is 1.71. The van der Waals surface area contributed by atoms with Gasteiger partial charge in [0.15, 0.2) is 0 Å². The van der Waals surface area contributed by atoms with Crippen molar-refractivity contribution in [2.24, 2.45) is 5.73 Å². The Balaban J connectivity index is -0.000000180. The van der Waals surface area contributed by atoms with E-state index >= 15 is 0 Å². The van der Waals surface area contributed by atoms with Crippen LogP contribution in [0.4, 0.5) is 0 Å². The molecule has 56 valence electrons. The van der Waals surface area contributed by atoms with Gasteiger partial charge in [-0.3, -0.25) is 4.55 Å². The average molecular weight is 185 g/mol. The summed E-state index contributed by atoms with van der Waals surface area (Å²) in [6.45, 7) is -0.0289. The molecular weight excluding hydrogens is 174 g/mol. The van der Waals surface area contributed by atoms with E-state index in [0.717, 1.165) is 0 Å². The minimum absolute atomic E-state index is 0. The molecule has 0 saturated heterocycles. The van der Waals surface area contributed by atoms with Crippen LogP contribution in [-0.2, 0) is 10.1 Å². The van der Waals surface area contributed by atoms with Gasteiger partial charge in [0.2, 0.25) is 0 Å². The fraction of sp³-hybridized carbons (Fsp3) is 1.00. The fourth-order valence-electron chi connectivity index (χ4n) is 0.149. The van der Waals surface area contributed by atoms with E-state index in [-0.39, 0.29) is 55.5 Å². The van der Waals surface area contributed by atoms with Gasteiger partial charge in [0.1, 0.15) is 0 Å². The molecule has 0 aromatic carbocycles. The second-order valence-corrected chi connectivity index (χ2v) is 2.65. The van der Waals surface area contributed by atoms with Crippen molar-refractivity contribution in [2.45, 2.75) is 0 Å². The standard InChI is InChI=1S/C2H7NO3S.Ca.H2O.2H/c3-1-2-7(4,5)6;;;;/h1-3H2,(H,4,5,6);;1H2;;. The van der Waals surface area contributed by atoms with Crippen LogP contribution in [0.1, 0.15) is 0 Å². The van der Waals surface area contributed by atoms with Crippen molar-refractivity contribution in [3.8, 4) is 0 Å². The zero-order valence-corrected chi connectivity index (χ0v) is 4.98. The number of hydrogen-bond donors (Lipinski definition) is 2. The molecule has 9 heavy (non-hydrogen) atoms. The SMILES string of the molecule is NCCS(=O)(=O)O.O.[CaH2]. The summed E-state index contributed by atoms with van der Waals surface area (Å²) in [6.07, 6.45) is 0. The second-order valence-electron chi connectivity index (χ2n) is 1.07. The molecule has 0 aromatic heterocycles. The van der Waals surface area contributed by atoms with Crippen LogP contribution in [0.2, 0.25) is 0 Å². The molecule has 0 atom stereocenters. The molecule has 5 N–H and O–H groups in total. The van der Waals surface area contributed by atoms with E-state index in [4.69, 9.17) is 10.3 Å². The molecule has 0 heterocycles. The van der Waals surface area contributed by atoms with Crippen LogP contribution in [0.3, 0.4) is 0 Å². The average Bonchev–Trinajstić information content (AvgIpc) is 1.30. The van der Waals surface area contributed by atoms with E-state index in [1.165, 1.54) is 0 Å². The Hall–Kier alpha value is 1.09. The van der Waals surface area contributed by atoms with E-state index in [1.807, 2.05) is 0 Å². The second kappa shape index (κ2) is 7.20. The molecule has 7 heteroatoms. The van der Waals surface area contributed by atoms with Gasteiger partial charge in [0.25, 0.3) is 10.1 Å². The van der Waals surface area contributed by atoms with Crippen molar-refractivity contribution in [1.29, 1.82) is 0 Å². The van der Waals surface area contributed by atoms with E-state index in [1.54, 1.807) is 0 Å². The molecule has 0 unspecified atom stereocenters. The van der Waals surface area contributed by atoms with Gasteiger partial charge < -0.3 is 11.2 Å². The Morgan fingerprint density at radius 3 is 1.78 bits per heavy atom. The molecule has 0 aliphatic heterocycles. The third-order valence-corrected chi connectivity index (χ3v) is 1.13. The molecule has 5 nitrogen and oxygen atoms in total. The topological polar surface area (TPSA) is 112 Å². The molecule has 0 aromatic rings. The van der Waals surface area contributed by atoms with Crippen LogP contribution in [0.5, 0.6) is 0 Å². The first-order chi connectivity index (χ1) is 3.06. The van der Waals surface area contributed by atoms with E-state index < -0.39 is 10.1 Å². The summed E-state index contributed by atoms with van der Waals surface area (Å²) in [5.41, 5.74) is 4.78. The van der Waals surface area contributed by atoms with Crippen molar-refractivity contribution in [3.05, 3.63) is 0 Å². The summed E-state index contributed by atoms with van der Waals surface area (Å²) in [4.78, 5) is 0. The summed E-state index contributed by atoms with van der Waals surface area (Å²) < 4.78 is 27.3. The molecular formula is C2H11CaNO4S. The monoisotopic (exact) mass is 185 g/mol. The minimum atomic E-state index is -3.80. The molecule has 0 bridgehead atoms. The van der Waals surface area contributed by atoms with Gasteiger partial charge in [-0.15, -0.1) is 0 Å². The predicted octanol–water partition coefficient (Wildman–Crippen LogP) is -2.91.